The van der Waals surface area contributed by atoms with Crippen LogP contribution in [-0.2, 0) is 16.0 Å². The maximum absolute atomic E-state index is 14.6. The normalized spacial score (nSPS) is 21.8. The summed E-state index contributed by atoms with van der Waals surface area (Å²) in [7, 11) is 0. The second-order valence-electron chi connectivity index (χ2n) is 12.8. The minimum absolute atomic E-state index is 0.186. The molecular weight excluding hydrogens is 553 g/mol. The Bertz CT molecular complexity index is 1620. The van der Waals surface area contributed by atoms with E-state index in [2.05, 4.69) is 26.9 Å². The summed E-state index contributed by atoms with van der Waals surface area (Å²) in [6, 6.07) is 9.83. The van der Waals surface area contributed by atoms with Crippen molar-refractivity contribution in [2.24, 2.45) is 5.92 Å². The largest absolute Gasteiger partial charge is 0.444 e. The van der Waals surface area contributed by atoms with Crippen molar-refractivity contribution in [3.8, 4) is 10.4 Å². The Morgan fingerprint density at radius 1 is 1.12 bits per heavy atom. The molecule has 0 aliphatic carbocycles. The van der Waals surface area contributed by atoms with Crippen molar-refractivity contribution in [1.82, 2.24) is 19.8 Å². The third-order valence-electron chi connectivity index (χ3n) is 8.69. The number of amides is 1. The van der Waals surface area contributed by atoms with Gasteiger partial charge >= 0.3 is 6.09 Å². The lowest BCUT2D eigenvalue weighted by atomic mass is 9.93. The number of ether oxygens (including phenoxy) is 2. The number of piperidine rings is 1. The average Bonchev–Trinajstić information content (AvgIpc) is 3.69. The van der Waals surface area contributed by atoms with Crippen LogP contribution in [0.15, 0.2) is 36.5 Å². The highest BCUT2D eigenvalue weighted by Gasteiger charge is 2.42. The maximum Gasteiger partial charge on any atom is 0.410 e. The zero-order chi connectivity index (χ0) is 29.0. The Kier molecular flexibility index (Phi) is 7.11. The summed E-state index contributed by atoms with van der Waals surface area (Å²) < 4.78 is 27.1. The number of pyridine rings is 1. The van der Waals surface area contributed by atoms with Crippen LogP contribution in [0.1, 0.15) is 39.3 Å². The minimum atomic E-state index is -0.484. The summed E-state index contributed by atoms with van der Waals surface area (Å²) in [6.07, 6.45) is 3.62. The van der Waals surface area contributed by atoms with Gasteiger partial charge in [0.15, 0.2) is 0 Å². The Morgan fingerprint density at radius 3 is 2.76 bits per heavy atom. The Balaban J connectivity index is 1.16. The van der Waals surface area contributed by atoms with Gasteiger partial charge in [0.2, 0.25) is 0 Å². The SMILES string of the molecule is CC(C)(C)OC(=O)N1CCC2CN(Cc3cc4sc(-c5cc(F)cc6[nH]ccc56)cc4c(N4CCOCC4)n3)CCC21. The van der Waals surface area contributed by atoms with Crippen LogP contribution in [0.2, 0.25) is 0 Å². The summed E-state index contributed by atoms with van der Waals surface area (Å²) in [5.41, 5.74) is 2.27. The van der Waals surface area contributed by atoms with Gasteiger partial charge in [-0.05, 0) is 69.9 Å². The smallest absolute Gasteiger partial charge is 0.410 e. The van der Waals surface area contributed by atoms with Crippen molar-refractivity contribution in [2.45, 2.75) is 51.8 Å². The number of aromatic nitrogens is 2. The number of anilines is 1. The van der Waals surface area contributed by atoms with Crippen LogP contribution in [-0.4, -0.2) is 83.4 Å². The van der Waals surface area contributed by atoms with Gasteiger partial charge in [-0.15, -0.1) is 11.3 Å². The fourth-order valence-corrected chi connectivity index (χ4v) is 7.96. The van der Waals surface area contributed by atoms with Crippen LogP contribution in [0, 0.1) is 11.7 Å². The lowest BCUT2D eigenvalue weighted by Gasteiger charge is -2.38. The molecule has 6 heterocycles. The Labute approximate surface area is 249 Å². The molecule has 222 valence electrons. The molecular formula is C32H38FN5O3S. The van der Waals surface area contributed by atoms with Crippen molar-refractivity contribution < 1.29 is 18.7 Å². The molecule has 1 N–H and O–H groups in total. The molecule has 0 bridgehead atoms. The molecule has 1 amide bonds. The van der Waals surface area contributed by atoms with Gasteiger partial charge in [-0.3, -0.25) is 4.90 Å². The van der Waals surface area contributed by atoms with Crippen LogP contribution in [0.25, 0.3) is 31.4 Å². The molecule has 3 aromatic heterocycles. The van der Waals surface area contributed by atoms with E-state index in [4.69, 9.17) is 14.5 Å². The summed E-state index contributed by atoms with van der Waals surface area (Å²) in [4.78, 5) is 29.0. The van der Waals surface area contributed by atoms with E-state index in [9.17, 15) is 9.18 Å². The number of carbonyl (C=O) groups excluding carboxylic acids is 1. The van der Waals surface area contributed by atoms with Crippen LogP contribution >= 0.6 is 11.3 Å². The monoisotopic (exact) mass is 591 g/mol. The second kappa shape index (κ2) is 10.8. The standard InChI is InChI=1S/C32H38FN5O3S/c1-32(2,3)41-31(39)38-9-5-20-18-36(8-6-27(20)38)19-22-16-28-25(30(35-22)37-10-12-40-13-11-37)17-29(42-28)24-14-21(33)15-26-23(24)4-7-34-26/h4,7,14-17,20,27,34H,5-6,8-13,18-19H2,1-3H3. The zero-order valence-electron chi connectivity index (χ0n) is 24.5. The number of thiophene rings is 1. The van der Waals surface area contributed by atoms with Gasteiger partial charge in [-0.25, -0.2) is 14.2 Å². The Morgan fingerprint density at radius 2 is 1.95 bits per heavy atom. The topological polar surface area (TPSA) is 73.9 Å². The molecule has 3 saturated heterocycles. The van der Waals surface area contributed by atoms with E-state index in [1.807, 2.05) is 37.9 Å². The molecule has 2 unspecified atom stereocenters. The summed E-state index contributed by atoms with van der Waals surface area (Å²) in [5.74, 6) is 1.19. The van der Waals surface area contributed by atoms with Crippen LogP contribution in [0.3, 0.4) is 0 Å². The summed E-state index contributed by atoms with van der Waals surface area (Å²) >= 11 is 1.70. The average molecular weight is 592 g/mol. The number of morpholine rings is 1. The van der Waals surface area contributed by atoms with Crippen molar-refractivity contribution >= 4 is 44.2 Å². The summed E-state index contributed by atoms with van der Waals surface area (Å²) in [5, 5.41) is 2.13. The number of carbonyl (C=O) groups is 1. The van der Waals surface area contributed by atoms with Gasteiger partial charge < -0.3 is 24.3 Å². The van der Waals surface area contributed by atoms with Crippen LogP contribution in [0.5, 0.6) is 0 Å². The molecule has 4 aromatic rings. The molecule has 0 radical (unpaired) electrons. The number of rotatable bonds is 4. The quantitative estimate of drug-likeness (QED) is 0.302. The highest BCUT2D eigenvalue weighted by atomic mass is 32.1. The predicted molar refractivity (Wildman–Crippen MR) is 165 cm³/mol. The molecule has 0 spiro atoms. The number of aromatic amines is 1. The van der Waals surface area contributed by atoms with E-state index < -0.39 is 5.60 Å². The molecule has 3 aliphatic rings. The number of benzene rings is 1. The number of hydrogen-bond donors (Lipinski definition) is 1. The van der Waals surface area contributed by atoms with Crippen LogP contribution < -0.4 is 4.90 Å². The fourth-order valence-electron chi connectivity index (χ4n) is 6.81. The molecule has 0 saturated carbocycles. The number of nitrogens with one attached hydrogen (secondary N) is 1. The van der Waals surface area contributed by atoms with Gasteiger partial charge in [-0.1, -0.05) is 0 Å². The van der Waals surface area contributed by atoms with E-state index in [0.717, 1.165) is 95.1 Å². The van der Waals surface area contributed by atoms with Gasteiger partial charge in [0.25, 0.3) is 0 Å². The molecule has 3 aliphatic heterocycles. The number of likely N-dealkylation sites (tertiary alicyclic amines) is 2. The predicted octanol–water partition coefficient (Wildman–Crippen LogP) is 6.25. The number of fused-ring (bicyclic) bond motifs is 3. The second-order valence-corrected chi connectivity index (χ2v) is 13.8. The van der Waals surface area contributed by atoms with Crippen LogP contribution in [0.4, 0.5) is 15.0 Å². The first kappa shape index (κ1) is 27.6. The molecule has 2 atom stereocenters. The van der Waals surface area contributed by atoms with Gasteiger partial charge in [-0.2, -0.15) is 0 Å². The first-order valence-corrected chi connectivity index (χ1v) is 15.8. The highest BCUT2D eigenvalue weighted by Crippen LogP contribution is 2.41. The fraction of sp³-hybridized carbons (Fsp3) is 0.500. The van der Waals surface area contributed by atoms with E-state index in [1.54, 1.807) is 23.5 Å². The van der Waals surface area contributed by atoms with Gasteiger partial charge in [0, 0.05) is 82.9 Å². The van der Waals surface area contributed by atoms with E-state index in [1.165, 1.54) is 0 Å². The zero-order valence-corrected chi connectivity index (χ0v) is 25.3. The number of H-pyrrole nitrogens is 1. The van der Waals surface area contributed by atoms with Crippen molar-refractivity contribution in [3.05, 3.63) is 48.0 Å². The molecule has 3 fully saturated rings. The van der Waals surface area contributed by atoms with E-state index in [-0.39, 0.29) is 18.0 Å². The number of halogens is 1. The number of nitrogens with zero attached hydrogens (tertiary/aromatic N) is 4. The first-order valence-electron chi connectivity index (χ1n) is 15.0. The third-order valence-corrected chi connectivity index (χ3v) is 9.81. The lowest BCUT2D eigenvalue weighted by Crippen LogP contribution is -2.48. The first-order chi connectivity index (χ1) is 20.2. The molecule has 42 heavy (non-hydrogen) atoms. The molecule has 7 rings (SSSR count). The van der Waals surface area contributed by atoms with Gasteiger partial charge in [0.05, 0.1) is 18.9 Å². The number of hydrogen-bond acceptors (Lipinski definition) is 7. The Hall–Kier alpha value is -3.21. The molecule has 8 nitrogen and oxygen atoms in total. The van der Waals surface area contributed by atoms with Crippen molar-refractivity contribution in [1.29, 1.82) is 0 Å². The molecule has 10 heteroatoms. The van der Waals surface area contributed by atoms with Gasteiger partial charge in [0.1, 0.15) is 17.2 Å². The van der Waals surface area contributed by atoms with E-state index >= 15 is 0 Å². The van der Waals surface area contributed by atoms with E-state index in [0.29, 0.717) is 19.1 Å². The maximum atomic E-state index is 14.6. The summed E-state index contributed by atoms with van der Waals surface area (Å²) in [6.45, 7) is 12.1. The lowest BCUT2D eigenvalue weighted by molar-refractivity contribution is 0.0138. The third kappa shape index (κ3) is 5.36. The minimum Gasteiger partial charge on any atom is -0.444 e. The van der Waals surface area contributed by atoms with Crippen molar-refractivity contribution in [3.63, 3.8) is 0 Å². The molecule has 1 aromatic carbocycles. The highest BCUT2D eigenvalue weighted by molar-refractivity contribution is 7.22. The van der Waals surface area contributed by atoms with Crippen molar-refractivity contribution in [2.75, 3.05) is 50.8 Å².